The van der Waals surface area contributed by atoms with Gasteiger partial charge in [-0.25, -0.2) is 13.1 Å². The van der Waals surface area contributed by atoms with Crippen LogP contribution in [0.4, 0.5) is 0 Å². The van der Waals surface area contributed by atoms with Gasteiger partial charge in [0.15, 0.2) is 0 Å². The number of aryl methyl sites for hydroxylation is 2. The van der Waals surface area contributed by atoms with E-state index in [0.717, 1.165) is 44.8 Å². The van der Waals surface area contributed by atoms with Gasteiger partial charge in [-0.3, -0.25) is 0 Å². The summed E-state index contributed by atoms with van der Waals surface area (Å²) in [5, 5.41) is 0.590. The number of ether oxygens (including phenoxy) is 1. The van der Waals surface area contributed by atoms with Gasteiger partial charge in [0.1, 0.15) is 13.1 Å². The number of sulfonamides is 1. The molecule has 0 aromatic heterocycles. The van der Waals surface area contributed by atoms with Crippen LogP contribution < -0.4 is 9.62 Å². The van der Waals surface area contributed by atoms with E-state index < -0.39 is 10.0 Å². The predicted octanol–water partition coefficient (Wildman–Crippen LogP) is 0.540. The van der Waals surface area contributed by atoms with Crippen LogP contribution >= 0.6 is 11.6 Å². The molecule has 1 aliphatic heterocycles. The first kappa shape index (κ1) is 17.7. The highest BCUT2D eigenvalue weighted by Crippen LogP contribution is 2.23. The van der Waals surface area contributed by atoms with Crippen molar-refractivity contribution < 1.29 is 18.1 Å². The van der Waals surface area contributed by atoms with Crippen LogP contribution in [-0.2, 0) is 14.8 Å². The molecule has 1 heterocycles. The van der Waals surface area contributed by atoms with Gasteiger partial charge >= 0.3 is 0 Å². The maximum Gasteiger partial charge on any atom is 0.240 e. The molecule has 124 valence electrons. The Morgan fingerprint density at radius 3 is 2.59 bits per heavy atom. The van der Waals surface area contributed by atoms with Gasteiger partial charge in [0.05, 0.1) is 24.7 Å². The maximum absolute atomic E-state index is 12.4. The largest absolute Gasteiger partial charge is 0.370 e. The Hall–Kier alpha value is -0.660. The second-order valence-electron chi connectivity index (χ2n) is 5.73. The molecule has 1 aromatic carbocycles. The summed E-state index contributed by atoms with van der Waals surface area (Å²) in [6, 6.07) is 3.33. The second-order valence-corrected chi connectivity index (χ2v) is 7.87. The Bertz CT molecular complexity index is 613. The second kappa shape index (κ2) is 7.75. The Kier molecular flexibility index (Phi) is 6.23. The van der Waals surface area contributed by atoms with Gasteiger partial charge < -0.3 is 9.64 Å². The Morgan fingerprint density at radius 2 is 1.91 bits per heavy atom. The van der Waals surface area contributed by atoms with Crippen LogP contribution in [0.2, 0.25) is 5.02 Å². The van der Waals surface area contributed by atoms with Gasteiger partial charge in [0, 0.05) is 18.0 Å². The molecule has 0 amide bonds. The zero-order valence-corrected chi connectivity index (χ0v) is 14.7. The summed E-state index contributed by atoms with van der Waals surface area (Å²) in [6.45, 7) is 8.58. The van der Waals surface area contributed by atoms with E-state index in [2.05, 4.69) is 4.72 Å². The van der Waals surface area contributed by atoms with E-state index >= 15 is 0 Å². The Labute approximate surface area is 137 Å². The molecule has 0 bridgehead atoms. The van der Waals surface area contributed by atoms with Crippen LogP contribution in [0.5, 0.6) is 0 Å². The van der Waals surface area contributed by atoms with Crippen molar-refractivity contribution in [1.82, 2.24) is 4.72 Å². The van der Waals surface area contributed by atoms with Gasteiger partial charge in [-0.2, -0.15) is 0 Å². The van der Waals surface area contributed by atoms with Gasteiger partial charge in [-0.15, -0.1) is 0 Å². The van der Waals surface area contributed by atoms with E-state index in [0.29, 0.717) is 22.0 Å². The van der Waals surface area contributed by atoms with Gasteiger partial charge in [0.2, 0.25) is 10.0 Å². The molecule has 1 aromatic rings. The van der Waals surface area contributed by atoms with E-state index in [1.165, 1.54) is 4.90 Å². The lowest BCUT2D eigenvalue weighted by atomic mass is 10.2. The molecule has 0 spiro atoms. The van der Waals surface area contributed by atoms with Crippen molar-refractivity contribution in [3.8, 4) is 0 Å². The molecule has 1 fully saturated rings. The lowest BCUT2D eigenvalue weighted by Gasteiger charge is -2.23. The molecule has 5 nitrogen and oxygen atoms in total. The van der Waals surface area contributed by atoms with Crippen molar-refractivity contribution in [2.24, 2.45) is 0 Å². The average Bonchev–Trinajstić information content (AvgIpc) is 2.48. The summed E-state index contributed by atoms with van der Waals surface area (Å²) < 4.78 is 32.8. The number of nitrogens with one attached hydrogen (secondary N) is 2. The maximum atomic E-state index is 12.4. The van der Waals surface area contributed by atoms with Gasteiger partial charge in [-0.05, 0) is 37.1 Å². The summed E-state index contributed by atoms with van der Waals surface area (Å²) in [5.41, 5.74) is 1.44. The fraction of sp³-hybridized carbons (Fsp3) is 0.600. The zero-order chi connectivity index (χ0) is 16.2. The summed E-state index contributed by atoms with van der Waals surface area (Å²) >= 11 is 6.02. The highest BCUT2D eigenvalue weighted by Gasteiger charge is 2.18. The van der Waals surface area contributed by atoms with Crippen molar-refractivity contribution >= 4 is 21.6 Å². The quantitative estimate of drug-likeness (QED) is 0.738. The molecule has 1 aliphatic rings. The number of halogens is 1. The van der Waals surface area contributed by atoms with E-state index in [4.69, 9.17) is 16.3 Å². The summed E-state index contributed by atoms with van der Waals surface area (Å²) in [5.74, 6) is 0. The first-order valence-corrected chi connectivity index (χ1v) is 9.44. The molecule has 0 aliphatic carbocycles. The molecule has 22 heavy (non-hydrogen) atoms. The molecule has 2 N–H and O–H groups in total. The fourth-order valence-corrected chi connectivity index (χ4v) is 4.18. The minimum Gasteiger partial charge on any atom is -0.370 e. The van der Waals surface area contributed by atoms with Crippen LogP contribution in [0.25, 0.3) is 0 Å². The number of morpholine rings is 1. The summed E-state index contributed by atoms with van der Waals surface area (Å²) in [6.07, 6.45) is 0.820. The molecule has 2 rings (SSSR count). The first-order valence-electron chi connectivity index (χ1n) is 7.58. The molecule has 1 saturated heterocycles. The molecule has 0 unspecified atom stereocenters. The lowest BCUT2D eigenvalue weighted by Crippen LogP contribution is -3.14. The molecular weight excluding hydrogens is 324 g/mol. The minimum absolute atomic E-state index is 0.313. The van der Waals surface area contributed by atoms with Crippen LogP contribution in [-0.4, -0.2) is 47.8 Å². The monoisotopic (exact) mass is 347 g/mol. The van der Waals surface area contributed by atoms with E-state index in [1.54, 1.807) is 19.1 Å². The van der Waals surface area contributed by atoms with Crippen molar-refractivity contribution in [3.05, 3.63) is 28.3 Å². The SMILES string of the molecule is Cc1cc(S(=O)(=O)NCCC[NH+]2CCOCC2)c(C)cc1Cl. The molecule has 7 heteroatoms. The van der Waals surface area contributed by atoms with Gasteiger partial charge in [-0.1, -0.05) is 11.6 Å². The topological polar surface area (TPSA) is 59.8 Å². The van der Waals surface area contributed by atoms with E-state index in [9.17, 15) is 8.42 Å². The van der Waals surface area contributed by atoms with Crippen molar-refractivity contribution in [2.45, 2.75) is 25.2 Å². The number of hydrogen-bond donors (Lipinski definition) is 2. The number of benzene rings is 1. The summed E-state index contributed by atoms with van der Waals surface area (Å²) in [7, 11) is -3.48. The number of quaternary nitrogens is 1. The summed E-state index contributed by atoms with van der Waals surface area (Å²) in [4.78, 5) is 1.79. The number of rotatable bonds is 6. The van der Waals surface area contributed by atoms with Crippen LogP contribution in [0.3, 0.4) is 0 Å². The Morgan fingerprint density at radius 1 is 1.23 bits per heavy atom. The normalized spacial score (nSPS) is 16.9. The molecule has 0 saturated carbocycles. The van der Waals surface area contributed by atoms with E-state index in [1.807, 2.05) is 6.92 Å². The van der Waals surface area contributed by atoms with Gasteiger partial charge in [0.25, 0.3) is 0 Å². The minimum atomic E-state index is -3.48. The predicted molar refractivity (Wildman–Crippen MR) is 87.1 cm³/mol. The standard InChI is InChI=1S/C15H23ClN2O3S/c1-12-11-15(13(2)10-14(12)16)22(19,20)17-4-3-5-18-6-8-21-9-7-18/h10-11,17H,3-9H2,1-2H3/p+1. The molecular formula is C15H24ClN2O3S+. The van der Waals surface area contributed by atoms with Crippen LogP contribution in [0, 0.1) is 13.8 Å². The van der Waals surface area contributed by atoms with Crippen LogP contribution in [0.15, 0.2) is 17.0 Å². The third-order valence-electron chi connectivity index (χ3n) is 3.94. The first-order chi connectivity index (χ1) is 10.4. The van der Waals surface area contributed by atoms with Crippen molar-refractivity contribution in [2.75, 3.05) is 39.4 Å². The fourth-order valence-electron chi connectivity index (χ4n) is 2.58. The number of hydrogen-bond acceptors (Lipinski definition) is 3. The van der Waals surface area contributed by atoms with Crippen molar-refractivity contribution in [1.29, 1.82) is 0 Å². The average molecular weight is 348 g/mol. The van der Waals surface area contributed by atoms with E-state index in [-0.39, 0.29) is 0 Å². The lowest BCUT2D eigenvalue weighted by molar-refractivity contribution is -0.908. The highest BCUT2D eigenvalue weighted by molar-refractivity contribution is 7.89. The van der Waals surface area contributed by atoms with Crippen molar-refractivity contribution in [3.63, 3.8) is 0 Å². The van der Waals surface area contributed by atoms with Crippen LogP contribution in [0.1, 0.15) is 17.5 Å². The smallest absolute Gasteiger partial charge is 0.240 e. The third kappa shape index (κ3) is 4.67. The Balaban J connectivity index is 1.89. The molecule has 0 radical (unpaired) electrons. The zero-order valence-electron chi connectivity index (χ0n) is 13.1. The third-order valence-corrected chi connectivity index (χ3v) is 5.96. The highest BCUT2D eigenvalue weighted by atomic mass is 35.5. The molecule has 0 atom stereocenters.